The van der Waals surface area contributed by atoms with Gasteiger partial charge in [-0.3, -0.25) is 9.59 Å². The van der Waals surface area contributed by atoms with Gasteiger partial charge in [-0.15, -0.1) is 0 Å². The van der Waals surface area contributed by atoms with E-state index in [1.54, 1.807) is 43.5 Å². The number of likely N-dealkylation sites (N-methyl/N-ethyl adjacent to an activating group) is 1. The van der Waals surface area contributed by atoms with Crippen LogP contribution in [0.3, 0.4) is 0 Å². The fourth-order valence-corrected chi connectivity index (χ4v) is 2.74. The Morgan fingerprint density at radius 1 is 1.21 bits per heavy atom. The molecule has 0 unspecified atom stereocenters. The maximum Gasteiger partial charge on any atom is 0.246 e. The Balaban J connectivity index is 1.58. The topological polar surface area (TPSA) is 77.1 Å². The van der Waals surface area contributed by atoms with Crippen molar-refractivity contribution < 1.29 is 23.8 Å². The molecule has 2 aromatic rings. The summed E-state index contributed by atoms with van der Waals surface area (Å²) in [5.74, 6) is 1.11. The lowest BCUT2D eigenvalue weighted by molar-refractivity contribution is -0.129. The number of benzene rings is 2. The third-order valence-corrected chi connectivity index (χ3v) is 4.24. The van der Waals surface area contributed by atoms with Gasteiger partial charge in [0, 0.05) is 18.1 Å². The maximum atomic E-state index is 12.3. The van der Waals surface area contributed by atoms with Crippen molar-refractivity contribution in [2.45, 2.75) is 0 Å². The van der Waals surface area contributed by atoms with E-state index in [2.05, 4.69) is 5.32 Å². The number of carbonyl (C=O) groups excluding carboxylic acids is 2. The van der Waals surface area contributed by atoms with E-state index in [4.69, 9.17) is 25.8 Å². The number of anilines is 1. The van der Waals surface area contributed by atoms with Crippen LogP contribution in [0, 0.1) is 0 Å². The zero-order chi connectivity index (χ0) is 20.1. The van der Waals surface area contributed by atoms with Crippen molar-refractivity contribution >= 4 is 35.2 Å². The van der Waals surface area contributed by atoms with E-state index in [1.165, 1.54) is 18.1 Å². The zero-order valence-electron chi connectivity index (χ0n) is 15.4. The first-order valence-electron chi connectivity index (χ1n) is 8.42. The number of rotatable bonds is 6. The fourth-order valence-electron chi connectivity index (χ4n) is 2.57. The Morgan fingerprint density at radius 2 is 2.00 bits per heavy atom. The van der Waals surface area contributed by atoms with E-state index >= 15 is 0 Å². The van der Waals surface area contributed by atoms with Gasteiger partial charge < -0.3 is 24.4 Å². The second kappa shape index (κ2) is 8.67. The number of nitrogens with zero attached hydrogens (tertiary/aromatic N) is 1. The first kappa shape index (κ1) is 19.6. The number of amides is 2. The van der Waals surface area contributed by atoms with Crippen LogP contribution in [0.4, 0.5) is 5.69 Å². The molecule has 0 saturated heterocycles. The number of halogens is 1. The molecule has 0 aliphatic carbocycles. The van der Waals surface area contributed by atoms with Crippen LogP contribution in [-0.2, 0) is 9.59 Å². The maximum absolute atomic E-state index is 12.3. The predicted octanol–water partition coefficient (Wildman–Crippen LogP) is 3.19. The largest absolute Gasteiger partial charge is 0.495 e. The smallest absolute Gasteiger partial charge is 0.246 e. The molecule has 1 aliphatic rings. The molecule has 0 fully saturated rings. The average Bonchev–Trinajstić information content (AvgIpc) is 3.14. The summed E-state index contributed by atoms with van der Waals surface area (Å²) >= 11 is 5.95. The molecule has 0 radical (unpaired) electrons. The standard InChI is InChI=1S/C20H19ClN2O5/c1-23(11-19(24)22-15-10-14(21)5-7-16(15)26-2)20(25)8-4-13-3-6-17-18(9-13)28-12-27-17/h3-10H,11-12H2,1-2H3,(H,22,24)/b8-4+. The highest BCUT2D eigenvalue weighted by atomic mass is 35.5. The van der Waals surface area contributed by atoms with Crippen LogP contribution in [0.25, 0.3) is 6.08 Å². The summed E-state index contributed by atoms with van der Waals surface area (Å²) in [6.07, 6.45) is 3.05. The second-order valence-electron chi connectivity index (χ2n) is 6.03. The number of hydrogen-bond donors (Lipinski definition) is 1. The molecule has 1 heterocycles. The molecule has 146 valence electrons. The Bertz CT molecular complexity index is 929. The number of ether oxygens (including phenoxy) is 3. The van der Waals surface area contributed by atoms with Crippen molar-refractivity contribution in [2.24, 2.45) is 0 Å². The van der Waals surface area contributed by atoms with Gasteiger partial charge in [-0.2, -0.15) is 0 Å². The van der Waals surface area contributed by atoms with Gasteiger partial charge in [0.2, 0.25) is 18.6 Å². The molecule has 0 atom stereocenters. The minimum Gasteiger partial charge on any atom is -0.495 e. The molecule has 28 heavy (non-hydrogen) atoms. The Morgan fingerprint density at radius 3 is 2.79 bits per heavy atom. The molecular formula is C20H19ClN2O5. The summed E-state index contributed by atoms with van der Waals surface area (Å²) < 4.78 is 15.7. The van der Waals surface area contributed by atoms with Crippen molar-refractivity contribution in [2.75, 3.05) is 32.8 Å². The monoisotopic (exact) mass is 402 g/mol. The minimum absolute atomic E-state index is 0.125. The molecular weight excluding hydrogens is 384 g/mol. The quantitative estimate of drug-likeness (QED) is 0.751. The van der Waals surface area contributed by atoms with Crippen LogP contribution >= 0.6 is 11.6 Å². The molecule has 8 heteroatoms. The first-order valence-corrected chi connectivity index (χ1v) is 8.80. The van der Waals surface area contributed by atoms with E-state index in [0.717, 1.165) is 5.56 Å². The fraction of sp³-hybridized carbons (Fsp3) is 0.200. The van der Waals surface area contributed by atoms with Gasteiger partial charge in [0.25, 0.3) is 0 Å². The predicted molar refractivity (Wildman–Crippen MR) is 106 cm³/mol. The van der Waals surface area contributed by atoms with E-state index in [9.17, 15) is 9.59 Å². The van der Waals surface area contributed by atoms with Crippen LogP contribution in [-0.4, -0.2) is 44.2 Å². The van der Waals surface area contributed by atoms with Gasteiger partial charge in [-0.25, -0.2) is 0 Å². The van der Waals surface area contributed by atoms with Crippen LogP contribution in [0.15, 0.2) is 42.5 Å². The van der Waals surface area contributed by atoms with Crippen LogP contribution in [0.5, 0.6) is 17.2 Å². The van der Waals surface area contributed by atoms with Crippen LogP contribution < -0.4 is 19.5 Å². The van der Waals surface area contributed by atoms with Gasteiger partial charge in [0.05, 0.1) is 19.3 Å². The second-order valence-corrected chi connectivity index (χ2v) is 6.47. The lowest BCUT2D eigenvalue weighted by Gasteiger charge is -2.16. The SMILES string of the molecule is COc1ccc(Cl)cc1NC(=O)CN(C)C(=O)/C=C/c1ccc2c(c1)OCO2. The molecule has 1 aliphatic heterocycles. The molecule has 2 amide bonds. The van der Waals surface area contributed by atoms with Crippen molar-refractivity contribution in [3.05, 3.63) is 53.1 Å². The third kappa shape index (κ3) is 4.75. The highest BCUT2D eigenvalue weighted by Crippen LogP contribution is 2.32. The first-order chi connectivity index (χ1) is 13.5. The number of carbonyl (C=O) groups is 2. The zero-order valence-corrected chi connectivity index (χ0v) is 16.2. The molecule has 1 N–H and O–H groups in total. The van der Waals surface area contributed by atoms with E-state index < -0.39 is 0 Å². The van der Waals surface area contributed by atoms with Gasteiger partial charge in [0.15, 0.2) is 11.5 Å². The van der Waals surface area contributed by atoms with Crippen LogP contribution in [0.2, 0.25) is 5.02 Å². The normalized spacial score (nSPS) is 12.1. The van der Waals surface area contributed by atoms with Crippen LogP contribution in [0.1, 0.15) is 5.56 Å². The molecule has 7 nitrogen and oxygen atoms in total. The minimum atomic E-state index is -0.368. The number of fused-ring (bicyclic) bond motifs is 1. The van der Waals surface area contributed by atoms with E-state index in [-0.39, 0.29) is 25.2 Å². The molecule has 0 aromatic heterocycles. The summed E-state index contributed by atoms with van der Waals surface area (Å²) in [7, 11) is 3.04. The Hall–Kier alpha value is -3.19. The van der Waals surface area contributed by atoms with E-state index in [1.807, 2.05) is 6.07 Å². The highest BCUT2D eigenvalue weighted by molar-refractivity contribution is 6.31. The Kier molecular flexibility index (Phi) is 6.06. The van der Waals surface area contributed by atoms with E-state index in [0.29, 0.717) is 28.0 Å². The highest BCUT2D eigenvalue weighted by Gasteiger charge is 2.14. The summed E-state index contributed by atoms with van der Waals surface area (Å²) in [4.78, 5) is 25.8. The summed E-state index contributed by atoms with van der Waals surface area (Å²) in [6, 6.07) is 10.3. The van der Waals surface area contributed by atoms with Crippen molar-refractivity contribution in [1.29, 1.82) is 0 Å². The molecule has 0 bridgehead atoms. The summed E-state index contributed by atoms with van der Waals surface area (Å²) in [5.41, 5.74) is 1.23. The van der Waals surface area contributed by atoms with Gasteiger partial charge in [-0.1, -0.05) is 17.7 Å². The Labute approximate surface area is 167 Å². The molecule has 2 aromatic carbocycles. The molecule has 0 spiro atoms. The molecule has 0 saturated carbocycles. The van der Waals surface area contributed by atoms with Gasteiger partial charge in [0.1, 0.15) is 5.75 Å². The summed E-state index contributed by atoms with van der Waals surface area (Å²) in [5, 5.41) is 3.16. The van der Waals surface area contributed by atoms with Crippen molar-refractivity contribution in [1.82, 2.24) is 4.90 Å². The summed E-state index contributed by atoms with van der Waals surface area (Å²) in [6.45, 7) is 0.0661. The lowest BCUT2D eigenvalue weighted by Crippen LogP contribution is -2.33. The average molecular weight is 403 g/mol. The number of methoxy groups -OCH3 is 1. The number of hydrogen-bond acceptors (Lipinski definition) is 5. The molecule has 3 rings (SSSR count). The van der Waals surface area contributed by atoms with Crippen molar-refractivity contribution in [3.8, 4) is 17.2 Å². The lowest BCUT2D eigenvalue weighted by atomic mass is 10.2. The van der Waals surface area contributed by atoms with Crippen molar-refractivity contribution in [3.63, 3.8) is 0 Å². The number of nitrogens with one attached hydrogen (secondary N) is 1. The third-order valence-electron chi connectivity index (χ3n) is 4.01. The van der Waals surface area contributed by atoms with Gasteiger partial charge in [-0.05, 0) is 42.0 Å². The van der Waals surface area contributed by atoms with Gasteiger partial charge >= 0.3 is 0 Å².